The molecule has 1 amide bonds. The molecule has 0 unspecified atom stereocenters. The summed E-state index contributed by atoms with van der Waals surface area (Å²) in [4.78, 5) is 39.9. The summed E-state index contributed by atoms with van der Waals surface area (Å²) >= 11 is 1.23. The summed E-state index contributed by atoms with van der Waals surface area (Å²) in [6.07, 6.45) is 3.07. The van der Waals surface area contributed by atoms with Gasteiger partial charge in [-0.1, -0.05) is 35.9 Å². The van der Waals surface area contributed by atoms with Crippen molar-refractivity contribution < 1.29 is 19.1 Å². The van der Waals surface area contributed by atoms with E-state index in [0.717, 1.165) is 11.1 Å². The quantitative estimate of drug-likeness (QED) is 0.337. The lowest BCUT2D eigenvalue weighted by atomic mass is 10.0. The molecular formula is C22H20N2O4S. The standard InChI is InChI=1S/C22H20N2O4S/c1-14(2)11-19(26)24-21-20(16(13-29-21)15-7-4-3-5-8-15)22(27)28-12-18(25)17-9-6-10-23-17/h3-11,13,23H,12H2,1-2H3,(H,24,26). The average molecular weight is 408 g/mol. The number of allylic oxidation sites excluding steroid dienone is 1. The minimum absolute atomic E-state index is 0.232. The van der Waals surface area contributed by atoms with E-state index in [1.54, 1.807) is 23.7 Å². The van der Waals surface area contributed by atoms with Crippen LogP contribution in [0.3, 0.4) is 0 Å². The van der Waals surface area contributed by atoms with E-state index in [2.05, 4.69) is 10.3 Å². The summed E-state index contributed by atoms with van der Waals surface area (Å²) in [7, 11) is 0. The molecule has 0 atom stereocenters. The molecule has 0 radical (unpaired) electrons. The Balaban J connectivity index is 1.87. The maximum absolute atomic E-state index is 12.9. The van der Waals surface area contributed by atoms with Gasteiger partial charge >= 0.3 is 5.97 Å². The average Bonchev–Trinajstić information content (AvgIpc) is 3.36. The zero-order valence-corrected chi connectivity index (χ0v) is 16.8. The van der Waals surface area contributed by atoms with Crippen molar-refractivity contribution in [2.75, 3.05) is 11.9 Å². The fourth-order valence-corrected chi connectivity index (χ4v) is 3.64. The molecular weight excluding hydrogens is 388 g/mol. The van der Waals surface area contributed by atoms with Gasteiger partial charge in [-0.3, -0.25) is 9.59 Å². The highest BCUT2D eigenvalue weighted by Crippen LogP contribution is 2.36. The smallest absolute Gasteiger partial charge is 0.342 e. The number of H-pyrrole nitrogens is 1. The molecule has 3 rings (SSSR count). The highest BCUT2D eigenvalue weighted by atomic mass is 32.1. The van der Waals surface area contributed by atoms with Crippen LogP contribution in [0.5, 0.6) is 0 Å². The third-order valence-corrected chi connectivity index (χ3v) is 4.86. The van der Waals surface area contributed by atoms with Crippen molar-refractivity contribution in [3.63, 3.8) is 0 Å². The molecule has 0 saturated heterocycles. The van der Waals surface area contributed by atoms with Crippen molar-refractivity contribution in [1.29, 1.82) is 0 Å². The number of amides is 1. The van der Waals surface area contributed by atoms with Crippen molar-refractivity contribution >= 4 is 34.0 Å². The number of anilines is 1. The number of hydrogen-bond acceptors (Lipinski definition) is 5. The third-order valence-electron chi connectivity index (χ3n) is 3.97. The van der Waals surface area contributed by atoms with E-state index in [9.17, 15) is 14.4 Å². The topological polar surface area (TPSA) is 88.3 Å². The maximum atomic E-state index is 12.9. The van der Waals surface area contributed by atoms with E-state index < -0.39 is 12.6 Å². The molecule has 0 saturated carbocycles. The van der Waals surface area contributed by atoms with E-state index in [4.69, 9.17) is 4.74 Å². The van der Waals surface area contributed by atoms with Crippen molar-refractivity contribution in [3.8, 4) is 11.1 Å². The minimum Gasteiger partial charge on any atom is -0.454 e. The zero-order chi connectivity index (χ0) is 20.8. The Morgan fingerprint density at radius 1 is 1.10 bits per heavy atom. The summed E-state index contributed by atoms with van der Waals surface area (Å²) in [5.41, 5.74) is 2.89. The summed E-state index contributed by atoms with van der Waals surface area (Å²) in [6, 6.07) is 12.6. The molecule has 0 bridgehead atoms. The lowest BCUT2D eigenvalue weighted by Crippen LogP contribution is -2.17. The second-order valence-corrected chi connectivity index (χ2v) is 7.39. The number of Topliss-reactive ketones (excluding diaryl/α,β-unsaturated/α-hetero) is 1. The number of benzene rings is 1. The van der Waals surface area contributed by atoms with E-state index in [1.807, 2.05) is 44.2 Å². The van der Waals surface area contributed by atoms with Crippen molar-refractivity contribution in [1.82, 2.24) is 4.98 Å². The van der Waals surface area contributed by atoms with Crippen LogP contribution < -0.4 is 5.32 Å². The summed E-state index contributed by atoms with van der Waals surface area (Å²) in [5.74, 6) is -1.34. The van der Waals surface area contributed by atoms with Gasteiger partial charge < -0.3 is 15.0 Å². The molecule has 2 heterocycles. The number of thiophene rings is 1. The molecule has 0 aliphatic carbocycles. The van der Waals surface area contributed by atoms with Gasteiger partial charge in [-0.15, -0.1) is 11.3 Å². The van der Waals surface area contributed by atoms with Crippen LogP contribution in [0.2, 0.25) is 0 Å². The largest absolute Gasteiger partial charge is 0.454 e. The van der Waals surface area contributed by atoms with Crippen LogP contribution in [0.25, 0.3) is 11.1 Å². The van der Waals surface area contributed by atoms with Crippen LogP contribution in [-0.2, 0) is 9.53 Å². The van der Waals surface area contributed by atoms with E-state index in [0.29, 0.717) is 16.3 Å². The Labute approximate surface area is 172 Å². The van der Waals surface area contributed by atoms with Crippen LogP contribution in [0, 0.1) is 0 Å². The van der Waals surface area contributed by atoms with Crippen LogP contribution in [-0.4, -0.2) is 29.3 Å². The van der Waals surface area contributed by atoms with E-state index >= 15 is 0 Å². The number of ether oxygens (including phenoxy) is 1. The first-order chi connectivity index (χ1) is 14.0. The Hall–Kier alpha value is -3.45. The number of nitrogens with one attached hydrogen (secondary N) is 2. The Morgan fingerprint density at radius 2 is 1.86 bits per heavy atom. The highest BCUT2D eigenvalue weighted by Gasteiger charge is 2.23. The number of aromatic nitrogens is 1. The van der Waals surface area contributed by atoms with Crippen molar-refractivity contribution in [3.05, 3.63) is 76.9 Å². The molecule has 0 fully saturated rings. The lowest BCUT2D eigenvalue weighted by molar-refractivity contribution is -0.111. The Kier molecular flexibility index (Phi) is 6.41. The SMILES string of the molecule is CC(C)=CC(=O)Nc1scc(-c2ccccc2)c1C(=O)OCC(=O)c1ccc[nH]1. The van der Waals surface area contributed by atoms with E-state index in [-0.39, 0.29) is 17.3 Å². The molecule has 0 aliphatic rings. The predicted octanol–water partition coefficient (Wildman–Crippen LogP) is 4.69. The first kappa shape index (κ1) is 20.3. The first-order valence-electron chi connectivity index (χ1n) is 8.92. The zero-order valence-electron chi connectivity index (χ0n) is 16.0. The molecule has 148 valence electrons. The maximum Gasteiger partial charge on any atom is 0.342 e. The fourth-order valence-electron chi connectivity index (χ4n) is 2.68. The van der Waals surface area contributed by atoms with Gasteiger partial charge in [0.25, 0.3) is 0 Å². The summed E-state index contributed by atoms with van der Waals surface area (Å²) in [5, 5.41) is 4.91. The van der Waals surface area contributed by atoms with Gasteiger partial charge in [0.1, 0.15) is 10.6 Å². The molecule has 2 aromatic heterocycles. The van der Waals surface area contributed by atoms with Gasteiger partial charge in [-0.2, -0.15) is 0 Å². The molecule has 0 spiro atoms. The molecule has 7 heteroatoms. The molecule has 0 aliphatic heterocycles. The van der Waals surface area contributed by atoms with Crippen molar-refractivity contribution in [2.45, 2.75) is 13.8 Å². The molecule has 2 N–H and O–H groups in total. The van der Waals surface area contributed by atoms with Crippen LogP contribution in [0.1, 0.15) is 34.7 Å². The van der Waals surface area contributed by atoms with Gasteiger partial charge in [-0.25, -0.2) is 4.79 Å². The number of esters is 1. The number of rotatable bonds is 7. The van der Waals surface area contributed by atoms with Gasteiger partial charge in [-0.05, 0) is 31.5 Å². The number of hydrogen-bond donors (Lipinski definition) is 2. The Bertz CT molecular complexity index is 1050. The highest BCUT2D eigenvalue weighted by molar-refractivity contribution is 7.15. The van der Waals surface area contributed by atoms with Gasteiger partial charge in [0.05, 0.1) is 5.69 Å². The first-order valence-corrected chi connectivity index (χ1v) is 9.80. The monoisotopic (exact) mass is 408 g/mol. The normalized spacial score (nSPS) is 10.3. The van der Waals surface area contributed by atoms with Crippen LogP contribution in [0.4, 0.5) is 5.00 Å². The van der Waals surface area contributed by atoms with Crippen LogP contribution >= 0.6 is 11.3 Å². The molecule has 29 heavy (non-hydrogen) atoms. The number of carbonyl (C=O) groups is 3. The van der Waals surface area contributed by atoms with Crippen LogP contribution in [0.15, 0.2) is 65.7 Å². The molecule has 1 aromatic carbocycles. The van der Waals surface area contributed by atoms with Gasteiger partial charge in [0.15, 0.2) is 6.61 Å². The predicted molar refractivity (Wildman–Crippen MR) is 113 cm³/mol. The Morgan fingerprint density at radius 3 is 2.52 bits per heavy atom. The number of carbonyl (C=O) groups excluding carboxylic acids is 3. The van der Waals surface area contributed by atoms with Gasteiger partial charge in [0.2, 0.25) is 11.7 Å². The second kappa shape index (κ2) is 9.16. The fraction of sp³-hybridized carbons (Fsp3) is 0.136. The number of aromatic amines is 1. The summed E-state index contributed by atoms with van der Waals surface area (Å²) < 4.78 is 5.27. The molecule has 6 nitrogen and oxygen atoms in total. The molecule has 3 aromatic rings. The minimum atomic E-state index is -0.669. The van der Waals surface area contributed by atoms with Crippen molar-refractivity contribution in [2.24, 2.45) is 0 Å². The summed E-state index contributed by atoms with van der Waals surface area (Å²) in [6.45, 7) is 3.22. The number of ketones is 1. The lowest BCUT2D eigenvalue weighted by Gasteiger charge is -2.09. The van der Waals surface area contributed by atoms with Gasteiger partial charge in [0, 0.05) is 23.2 Å². The second-order valence-electron chi connectivity index (χ2n) is 6.51. The van der Waals surface area contributed by atoms with E-state index in [1.165, 1.54) is 17.4 Å². The third kappa shape index (κ3) is 5.08.